The van der Waals surface area contributed by atoms with Crippen molar-refractivity contribution in [2.75, 3.05) is 23.4 Å². The zero-order valence-electron chi connectivity index (χ0n) is 16.0. The highest BCUT2D eigenvalue weighted by molar-refractivity contribution is 6.03. The van der Waals surface area contributed by atoms with Crippen molar-refractivity contribution in [1.29, 1.82) is 0 Å². The van der Waals surface area contributed by atoms with E-state index in [2.05, 4.69) is 5.32 Å². The number of hydrogen-bond donors (Lipinski definition) is 1. The average molecular weight is 382 g/mol. The molecule has 0 radical (unpaired) electrons. The number of ketones is 1. The molecular formula is C21H22N2O5. The van der Waals surface area contributed by atoms with Gasteiger partial charge in [0.25, 0.3) is 0 Å². The molecule has 0 bridgehead atoms. The van der Waals surface area contributed by atoms with Crippen LogP contribution in [0.15, 0.2) is 48.5 Å². The fraction of sp³-hybridized carbons (Fsp3) is 0.238. The molecule has 0 fully saturated rings. The van der Waals surface area contributed by atoms with Gasteiger partial charge in [-0.05, 0) is 50.2 Å². The number of Topliss-reactive ketones (excluding diaryl/α,β-unsaturated/α-hetero) is 1. The summed E-state index contributed by atoms with van der Waals surface area (Å²) in [6.07, 6.45) is 0. The predicted molar refractivity (Wildman–Crippen MR) is 106 cm³/mol. The number of esters is 1. The lowest BCUT2D eigenvalue weighted by atomic mass is 10.1. The molecule has 146 valence electrons. The number of hydrogen-bond acceptors (Lipinski definition) is 5. The molecule has 0 aromatic heterocycles. The van der Waals surface area contributed by atoms with E-state index in [-0.39, 0.29) is 24.8 Å². The molecule has 2 rings (SSSR count). The van der Waals surface area contributed by atoms with E-state index in [9.17, 15) is 19.2 Å². The Morgan fingerprint density at radius 3 is 2.21 bits per heavy atom. The lowest BCUT2D eigenvalue weighted by molar-refractivity contribution is -0.120. The highest BCUT2D eigenvalue weighted by Crippen LogP contribution is 2.17. The molecule has 0 atom stereocenters. The van der Waals surface area contributed by atoms with Crippen molar-refractivity contribution < 1.29 is 23.9 Å². The van der Waals surface area contributed by atoms with Crippen molar-refractivity contribution in [2.45, 2.75) is 20.8 Å². The van der Waals surface area contributed by atoms with Crippen LogP contribution < -0.4 is 10.2 Å². The van der Waals surface area contributed by atoms with Gasteiger partial charge in [0.05, 0.1) is 12.2 Å². The van der Waals surface area contributed by atoms with Crippen molar-refractivity contribution >= 4 is 34.9 Å². The van der Waals surface area contributed by atoms with Gasteiger partial charge in [-0.15, -0.1) is 0 Å². The summed E-state index contributed by atoms with van der Waals surface area (Å²) < 4.78 is 4.93. The molecule has 2 amide bonds. The lowest BCUT2D eigenvalue weighted by Crippen LogP contribution is -2.36. The van der Waals surface area contributed by atoms with E-state index in [4.69, 9.17) is 4.74 Å². The number of nitrogens with zero attached hydrogens (tertiary/aromatic N) is 1. The fourth-order valence-electron chi connectivity index (χ4n) is 2.54. The second-order valence-corrected chi connectivity index (χ2v) is 6.06. The third-order valence-electron chi connectivity index (χ3n) is 3.92. The number of nitrogens with one attached hydrogen (secondary N) is 1. The zero-order valence-corrected chi connectivity index (χ0v) is 16.0. The maximum absolute atomic E-state index is 12.4. The first-order valence-electron chi connectivity index (χ1n) is 8.78. The Morgan fingerprint density at radius 1 is 0.964 bits per heavy atom. The molecular weight excluding hydrogens is 360 g/mol. The van der Waals surface area contributed by atoms with Crippen molar-refractivity contribution in [3.05, 3.63) is 59.7 Å². The minimum atomic E-state index is -0.452. The molecule has 2 aromatic rings. The van der Waals surface area contributed by atoms with Gasteiger partial charge in [-0.25, -0.2) is 4.79 Å². The maximum Gasteiger partial charge on any atom is 0.338 e. The molecule has 0 aliphatic heterocycles. The maximum atomic E-state index is 12.4. The Balaban J connectivity index is 2.11. The highest BCUT2D eigenvalue weighted by atomic mass is 16.5. The summed E-state index contributed by atoms with van der Waals surface area (Å²) in [6, 6.07) is 12.8. The summed E-state index contributed by atoms with van der Waals surface area (Å²) >= 11 is 0. The van der Waals surface area contributed by atoms with E-state index in [0.717, 1.165) is 0 Å². The zero-order chi connectivity index (χ0) is 20.7. The minimum Gasteiger partial charge on any atom is -0.462 e. The molecule has 0 spiro atoms. The third-order valence-corrected chi connectivity index (χ3v) is 3.92. The van der Waals surface area contributed by atoms with Gasteiger partial charge in [0.1, 0.15) is 6.54 Å². The Bertz CT molecular complexity index is 890. The van der Waals surface area contributed by atoms with Gasteiger partial charge < -0.3 is 15.0 Å². The third kappa shape index (κ3) is 5.51. The van der Waals surface area contributed by atoms with Gasteiger partial charge in [0, 0.05) is 23.9 Å². The highest BCUT2D eigenvalue weighted by Gasteiger charge is 2.17. The Hall–Kier alpha value is -3.48. The molecule has 0 saturated carbocycles. The predicted octanol–water partition coefficient (Wildman–Crippen LogP) is 3.06. The summed E-state index contributed by atoms with van der Waals surface area (Å²) in [5, 5.41) is 2.68. The van der Waals surface area contributed by atoms with Gasteiger partial charge in [0.2, 0.25) is 11.8 Å². The van der Waals surface area contributed by atoms with Crippen LogP contribution in [0.4, 0.5) is 11.4 Å². The molecule has 0 aliphatic rings. The number of amides is 2. The van der Waals surface area contributed by atoms with Crippen molar-refractivity contribution in [3.63, 3.8) is 0 Å². The Labute approximate surface area is 163 Å². The fourth-order valence-corrected chi connectivity index (χ4v) is 2.54. The van der Waals surface area contributed by atoms with E-state index in [0.29, 0.717) is 22.5 Å². The quantitative estimate of drug-likeness (QED) is 0.587. The van der Waals surface area contributed by atoms with Crippen LogP contribution in [0, 0.1) is 0 Å². The van der Waals surface area contributed by atoms with Crippen molar-refractivity contribution in [1.82, 2.24) is 0 Å². The van der Waals surface area contributed by atoms with Gasteiger partial charge in [-0.1, -0.05) is 12.1 Å². The van der Waals surface area contributed by atoms with Gasteiger partial charge in [0.15, 0.2) is 5.78 Å². The first-order chi connectivity index (χ1) is 13.3. The molecule has 7 nitrogen and oxygen atoms in total. The first-order valence-corrected chi connectivity index (χ1v) is 8.78. The van der Waals surface area contributed by atoms with E-state index in [1.165, 1.54) is 30.9 Å². The Kier molecular flexibility index (Phi) is 7.03. The van der Waals surface area contributed by atoms with Crippen LogP contribution in [-0.4, -0.2) is 36.7 Å². The van der Waals surface area contributed by atoms with E-state index in [1.807, 2.05) is 0 Å². The monoisotopic (exact) mass is 382 g/mol. The molecule has 0 unspecified atom stereocenters. The number of benzene rings is 2. The summed E-state index contributed by atoms with van der Waals surface area (Å²) in [7, 11) is 0. The molecule has 0 heterocycles. The van der Waals surface area contributed by atoms with Gasteiger partial charge in [-0.3, -0.25) is 14.4 Å². The van der Waals surface area contributed by atoms with Crippen LogP contribution in [0.2, 0.25) is 0 Å². The van der Waals surface area contributed by atoms with Crippen LogP contribution >= 0.6 is 0 Å². The van der Waals surface area contributed by atoms with Gasteiger partial charge >= 0.3 is 5.97 Å². The van der Waals surface area contributed by atoms with Crippen LogP contribution in [0.1, 0.15) is 41.5 Å². The van der Waals surface area contributed by atoms with E-state index in [1.54, 1.807) is 43.3 Å². The molecule has 0 saturated heterocycles. The summed E-state index contributed by atoms with van der Waals surface area (Å²) in [6.45, 7) is 4.57. The second-order valence-electron chi connectivity index (χ2n) is 6.06. The largest absolute Gasteiger partial charge is 0.462 e. The number of ether oxygens (including phenoxy) is 1. The van der Waals surface area contributed by atoms with Gasteiger partial charge in [-0.2, -0.15) is 0 Å². The van der Waals surface area contributed by atoms with Crippen LogP contribution in [0.25, 0.3) is 0 Å². The minimum absolute atomic E-state index is 0.108. The topological polar surface area (TPSA) is 92.8 Å². The SMILES string of the molecule is CCOC(=O)c1ccc(N(CC(=O)Nc2cccc(C(C)=O)c2)C(C)=O)cc1. The number of carbonyl (C=O) groups excluding carboxylic acids is 4. The van der Waals surface area contributed by atoms with Crippen LogP contribution in [0.5, 0.6) is 0 Å². The number of anilines is 2. The lowest BCUT2D eigenvalue weighted by Gasteiger charge is -2.21. The second kappa shape index (κ2) is 9.45. The van der Waals surface area contributed by atoms with Crippen LogP contribution in [-0.2, 0) is 14.3 Å². The Morgan fingerprint density at radius 2 is 1.64 bits per heavy atom. The average Bonchev–Trinajstić information content (AvgIpc) is 2.66. The summed E-state index contributed by atoms with van der Waals surface area (Å²) in [5.74, 6) is -1.29. The van der Waals surface area contributed by atoms with E-state index < -0.39 is 11.9 Å². The normalized spacial score (nSPS) is 10.1. The molecule has 0 aliphatic carbocycles. The molecule has 2 aromatic carbocycles. The standard InChI is InChI=1S/C21H22N2O5/c1-4-28-21(27)16-8-10-19(11-9-16)23(15(3)25)13-20(26)22-18-7-5-6-17(12-18)14(2)24/h5-12H,4,13H2,1-3H3,(H,22,26). The smallest absolute Gasteiger partial charge is 0.338 e. The first kappa shape index (κ1) is 20.8. The van der Waals surface area contributed by atoms with Crippen molar-refractivity contribution in [2.24, 2.45) is 0 Å². The van der Waals surface area contributed by atoms with Crippen molar-refractivity contribution in [3.8, 4) is 0 Å². The summed E-state index contributed by atoms with van der Waals surface area (Å²) in [4.78, 5) is 48.9. The number of carbonyl (C=O) groups is 4. The molecule has 1 N–H and O–H groups in total. The molecule has 7 heteroatoms. The van der Waals surface area contributed by atoms with E-state index >= 15 is 0 Å². The number of rotatable bonds is 7. The molecule has 28 heavy (non-hydrogen) atoms. The summed E-state index contributed by atoms with van der Waals surface area (Å²) in [5.41, 5.74) is 1.79. The van der Waals surface area contributed by atoms with Crippen LogP contribution in [0.3, 0.4) is 0 Å².